The first-order valence-electron chi connectivity index (χ1n) is 8.66. The number of amides is 1. The predicted octanol–water partition coefficient (Wildman–Crippen LogP) is 4.04. The summed E-state index contributed by atoms with van der Waals surface area (Å²) < 4.78 is 1.97. The summed E-state index contributed by atoms with van der Waals surface area (Å²) >= 11 is 1.42. The second-order valence-electron chi connectivity index (χ2n) is 6.17. The summed E-state index contributed by atoms with van der Waals surface area (Å²) in [6.07, 6.45) is 3.62. The Labute approximate surface area is 162 Å². The topological polar surface area (TPSA) is 64.0 Å². The molecule has 5 nitrogen and oxygen atoms in total. The number of ketones is 1. The molecule has 3 rings (SSSR count). The fraction of sp³-hybridized carbons (Fsp3) is 0.190. The van der Waals surface area contributed by atoms with Gasteiger partial charge in [-0.1, -0.05) is 54.2 Å². The average molecular weight is 379 g/mol. The number of nitrogens with zero attached hydrogens (tertiary/aromatic N) is 2. The van der Waals surface area contributed by atoms with E-state index >= 15 is 0 Å². The average Bonchev–Trinajstić information content (AvgIpc) is 3.15. The molecule has 2 aromatic carbocycles. The Morgan fingerprint density at radius 2 is 1.81 bits per heavy atom. The standard InChI is InChI=1S/C21H21N3O2S/c1-15(23-16(2)25)17-8-10-18(11-9-17)20(26)14-27-21-22-12-13-24(21)19-6-4-3-5-7-19/h3-13,15H,14H2,1-2H3,(H,23,25). The number of nitrogens with one attached hydrogen (secondary N) is 1. The molecule has 0 fully saturated rings. The maximum Gasteiger partial charge on any atom is 0.217 e. The predicted molar refractivity (Wildman–Crippen MR) is 107 cm³/mol. The van der Waals surface area contributed by atoms with Gasteiger partial charge in [0.2, 0.25) is 5.91 Å². The van der Waals surface area contributed by atoms with Crippen molar-refractivity contribution in [3.05, 3.63) is 78.1 Å². The normalized spacial score (nSPS) is 11.8. The number of hydrogen-bond acceptors (Lipinski definition) is 4. The highest BCUT2D eigenvalue weighted by molar-refractivity contribution is 7.99. The van der Waals surface area contributed by atoms with Gasteiger partial charge in [0.25, 0.3) is 0 Å². The lowest BCUT2D eigenvalue weighted by Gasteiger charge is -2.13. The van der Waals surface area contributed by atoms with E-state index in [-0.39, 0.29) is 17.7 Å². The van der Waals surface area contributed by atoms with Crippen LogP contribution in [0.15, 0.2) is 72.1 Å². The molecule has 0 saturated heterocycles. The maximum atomic E-state index is 12.5. The number of benzene rings is 2. The van der Waals surface area contributed by atoms with Crippen molar-refractivity contribution in [2.75, 3.05) is 5.75 Å². The van der Waals surface area contributed by atoms with Gasteiger partial charge in [0, 0.05) is 30.6 Å². The number of thioether (sulfide) groups is 1. The van der Waals surface area contributed by atoms with Gasteiger partial charge in [-0.25, -0.2) is 4.98 Å². The quantitative estimate of drug-likeness (QED) is 0.497. The molecular formula is C21H21N3O2S. The highest BCUT2D eigenvalue weighted by Gasteiger charge is 2.12. The first kappa shape index (κ1) is 18.9. The van der Waals surface area contributed by atoms with E-state index in [0.717, 1.165) is 16.4 Å². The van der Waals surface area contributed by atoms with Gasteiger partial charge in [0.1, 0.15) is 0 Å². The molecule has 1 unspecified atom stereocenters. The largest absolute Gasteiger partial charge is 0.350 e. The third-order valence-electron chi connectivity index (χ3n) is 4.13. The van der Waals surface area contributed by atoms with E-state index in [0.29, 0.717) is 11.3 Å². The van der Waals surface area contributed by atoms with Crippen LogP contribution in [0.5, 0.6) is 0 Å². The fourth-order valence-electron chi connectivity index (χ4n) is 2.74. The van der Waals surface area contributed by atoms with E-state index in [9.17, 15) is 9.59 Å². The Morgan fingerprint density at radius 1 is 1.11 bits per heavy atom. The van der Waals surface area contributed by atoms with Crippen molar-refractivity contribution in [2.24, 2.45) is 0 Å². The van der Waals surface area contributed by atoms with Crippen LogP contribution in [-0.2, 0) is 4.79 Å². The van der Waals surface area contributed by atoms with Crippen LogP contribution >= 0.6 is 11.8 Å². The monoisotopic (exact) mass is 379 g/mol. The number of carbonyl (C=O) groups is 2. The molecule has 138 valence electrons. The molecule has 1 heterocycles. The van der Waals surface area contributed by atoms with Gasteiger partial charge < -0.3 is 5.32 Å². The number of aromatic nitrogens is 2. The number of rotatable bonds is 7. The lowest BCUT2D eigenvalue weighted by Crippen LogP contribution is -2.23. The third kappa shape index (κ3) is 4.86. The van der Waals surface area contributed by atoms with Gasteiger partial charge in [-0.05, 0) is 24.6 Å². The van der Waals surface area contributed by atoms with Crippen molar-refractivity contribution in [1.29, 1.82) is 0 Å². The molecule has 0 bridgehead atoms. The molecule has 1 aromatic heterocycles. The lowest BCUT2D eigenvalue weighted by molar-refractivity contribution is -0.119. The second kappa shape index (κ2) is 8.68. The highest BCUT2D eigenvalue weighted by atomic mass is 32.2. The van der Waals surface area contributed by atoms with Crippen LogP contribution in [0.3, 0.4) is 0 Å². The molecule has 27 heavy (non-hydrogen) atoms. The van der Waals surface area contributed by atoms with Crippen LogP contribution in [0.4, 0.5) is 0 Å². The number of carbonyl (C=O) groups excluding carboxylic acids is 2. The summed E-state index contributed by atoms with van der Waals surface area (Å²) in [6, 6.07) is 17.2. The van der Waals surface area contributed by atoms with Crippen molar-refractivity contribution in [3.63, 3.8) is 0 Å². The molecule has 0 aliphatic heterocycles. The molecule has 0 spiro atoms. The van der Waals surface area contributed by atoms with Crippen molar-refractivity contribution >= 4 is 23.5 Å². The first-order chi connectivity index (χ1) is 13.0. The van der Waals surface area contributed by atoms with Gasteiger partial charge >= 0.3 is 0 Å². The third-order valence-corrected chi connectivity index (χ3v) is 5.09. The molecule has 0 aliphatic rings. The first-order valence-corrected chi connectivity index (χ1v) is 9.65. The zero-order chi connectivity index (χ0) is 19.2. The van der Waals surface area contributed by atoms with Crippen molar-refractivity contribution in [2.45, 2.75) is 25.0 Å². The minimum absolute atomic E-state index is 0.0429. The van der Waals surface area contributed by atoms with E-state index < -0.39 is 0 Å². The zero-order valence-corrected chi connectivity index (χ0v) is 16.1. The second-order valence-corrected chi connectivity index (χ2v) is 7.11. The van der Waals surface area contributed by atoms with E-state index in [1.165, 1.54) is 18.7 Å². The molecule has 1 amide bonds. The van der Waals surface area contributed by atoms with Gasteiger partial charge in [-0.2, -0.15) is 0 Å². The molecule has 1 atom stereocenters. The van der Waals surface area contributed by atoms with Crippen LogP contribution in [0.25, 0.3) is 5.69 Å². The Kier molecular flexibility index (Phi) is 6.08. The van der Waals surface area contributed by atoms with Gasteiger partial charge in [-0.15, -0.1) is 0 Å². The SMILES string of the molecule is CC(=O)NC(C)c1ccc(C(=O)CSc2nccn2-c2ccccc2)cc1. The van der Waals surface area contributed by atoms with E-state index in [1.54, 1.807) is 18.3 Å². The smallest absolute Gasteiger partial charge is 0.217 e. The molecule has 0 radical (unpaired) electrons. The lowest BCUT2D eigenvalue weighted by atomic mass is 10.0. The van der Waals surface area contributed by atoms with E-state index in [4.69, 9.17) is 0 Å². The molecule has 6 heteroatoms. The van der Waals surface area contributed by atoms with E-state index in [2.05, 4.69) is 10.3 Å². The van der Waals surface area contributed by atoms with Gasteiger partial charge in [0.15, 0.2) is 10.9 Å². The molecule has 1 N–H and O–H groups in total. The van der Waals surface area contributed by atoms with Crippen LogP contribution < -0.4 is 5.32 Å². The van der Waals surface area contributed by atoms with Gasteiger partial charge in [0.05, 0.1) is 11.8 Å². The Bertz CT molecular complexity index is 920. The van der Waals surface area contributed by atoms with Crippen molar-refractivity contribution in [1.82, 2.24) is 14.9 Å². The Hall–Kier alpha value is -2.86. The van der Waals surface area contributed by atoms with Crippen LogP contribution in [0.1, 0.15) is 35.8 Å². The molecular weight excluding hydrogens is 358 g/mol. The van der Waals surface area contributed by atoms with Crippen LogP contribution in [-0.4, -0.2) is 27.0 Å². The maximum absolute atomic E-state index is 12.5. The van der Waals surface area contributed by atoms with Crippen LogP contribution in [0.2, 0.25) is 0 Å². The summed E-state index contributed by atoms with van der Waals surface area (Å²) in [6.45, 7) is 3.41. The fourth-order valence-corrected chi connectivity index (χ4v) is 3.61. The Morgan fingerprint density at radius 3 is 2.48 bits per heavy atom. The zero-order valence-electron chi connectivity index (χ0n) is 15.3. The minimum atomic E-state index is -0.0839. The summed E-state index contributed by atoms with van der Waals surface area (Å²) in [7, 11) is 0. The number of para-hydroxylation sites is 1. The molecule has 0 saturated carbocycles. The summed E-state index contributed by atoms with van der Waals surface area (Å²) in [5.41, 5.74) is 2.63. The number of Topliss-reactive ketones (excluding diaryl/α,β-unsaturated/α-hetero) is 1. The van der Waals surface area contributed by atoms with E-state index in [1.807, 2.05) is 60.2 Å². The van der Waals surface area contributed by atoms with Crippen molar-refractivity contribution < 1.29 is 9.59 Å². The highest BCUT2D eigenvalue weighted by Crippen LogP contribution is 2.22. The molecule has 0 aliphatic carbocycles. The number of hydrogen-bond donors (Lipinski definition) is 1. The number of imidazole rings is 1. The van der Waals surface area contributed by atoms with Gasteiger partial charge in [-0.3, -0.25) is 14.2 Å². The van der Waals surface area contributed by atoms with Crippen molar-refractivity contribution in [3.8, 4) is 5.69 Å². The summed E-state index contributed by atoms with van der Waals surface area (Å²) in [4.78, 5) is 28.0. The summed E-state index contributed by atoms with van der Waals surface area (Å²) in [5.74, 6) is 0.277. The molecule has 3 aromatic rings. The summed E-state index contributed by atoms with van der Waals surface area (Å²) in [5, 5.41) is 3.62. The minimum Gasteiger partial charge on any atom is -0.350 e. The Balaban J connectivity index is 1.64. The van der Waals surface area contributed by atoms with Crippen LogP contribution in [0, 0.1) is 0 Å².